The summed E-state index contributed by atoms with van der Waals surface area (Å²) in [6.45, 7) is 0.197. The number of hydrogen-bond acceptors (Lipinski definition) is 4. The highest BCUT2D eigenvalue weighted by Gasteiger charge is 2.12. The van der Waals surface area contributed by atoms with E-state index in [0.717, 1.165) is 11.3 Å². The maximum Gasteiger partial charge on any atom is 0.304 e. The van der Waals surface area contributed by atoms with Gasteiger partial charge in [-0.25, -0.2) is 4.98 Å². The number of carbonyl (C=O) groups is 1. The van der Waals surface area contributed by atoms with Crippen LogP contribution in [0.5, 0.6) is 0 Å². The number of H-pyrrole nitrogens is 1. The van der Waals surface area contributed by atoms with Gasteiger partial charge in [0, 0.05) is 11.1 Å². The first-order chi connectivity index (χ1) is 8.56. The highest BCUT2D eigenvalue weighted by molar-refractivity contribution is 7.07. The number of carbonyl (C=O) groups excluding carboxylic acids is 1. The SMILES string of the molecule is O=C(NCc1csc(=O)[nH]1)c1nc(Cl)ccc1Cl. The molecule has 0 atom stereocenters. The van der Waals surface area contributed by atoms with Crippen molar-refractivity contribution in [3.8, 4) is 0 Å². The lowest BCUT2D eigenvalue weighted by Gasteiger charge is -2.04. The molecule has 0 saturated heterocycles. The van der Waals surface area contributed by atoms with E-state index >= 15 is 0 Å². The summed E-state index contributed by atoms with van der Waals surface area (Å²) in [6.07, 6.45) is 0. The predicted molar refractivity (Wildman–Crippen MR) is 70.4 cm³/mol. The average molecular weight is 304 g/mol. The molecule has 1 amide bonds. The molecule has 2 N–H and O–H groups in total. The molecule has 94 valence electrons. The third-order valence-corrected chi connectivity index (χ3v) is 3.27. The zero-order chi connectivity index (χ0) is 13.1. The lowest BCUT2D eigenvalue weighted by molar-refractivity contribution is 0.0945. The fourth-order valence-corrected chi connectivity index (χ4v) is 2.16. The van der Waals surface area contributed by atoms with Crippen LogP contribution in [0, 0.1) is 0 Å². The molecule has 0 unspecified atom stereocenters. The zero-order valence-electron chi connectivity index (χ0n) is 8.87. The summed E-state index contributed by atoms with van der Waals surface area (Å²) in [5.74, 6) is -0.449. The van der Waals surface area contributed by atoms with Gasteiger partial charge in [0.25, 0.3) is 5.91 Å². The Balaban J connectivity index is 2.08. The van der Waals surface area contributed by atoms with E-state index in [9.17, 15) is 9.59 Å². The predicted octanol–water partition coefficient (Wildman–Crippen LogP) is 2.07. The largest absolute Gasteiger partial charge is 0.345 e. The van der Waals surface area contributed by atoms with Crippen LogP contribution >= 0.6 is 34.5 Å². The molecule has 18 heavy (non-hydrogen) atoms. The quantitative estimate of drug-likeness (QED) is 0.852. The number of thiazole rings is 1. The molecule has 0 radical (unpaired) electrons. The molecule has 0 aromatic carbocycles. The summed E-state index contributed by atoms with van der Waals surface area (Å²) >= 11 is 12.6. The number of aromatic nitrogens is 2. The molecule has 5 nitrogen and oxygen atoms in total. The van der Waals surface area contributed by atoms with Gasteiger partial charge in [0.1, 0.15) is 10.8 Å². The van der Waals surface area contributed by atoms with Gasteiger partial charge in [-0.3, -0.25) is 9.59 Å². The molecule has 2 aromatic rings. The Morgan fingerprint density at radius 2 is 2.22 bits per heavy atom. The number of nitrogens with zero attached hydrogens (tertiary/aromatic N) is 1. The molecule has 0 aliphatic carbocycles. The van der Waals surface area contributed by atoms with E-state index in [0.29, 0.717) is 5.69 Å². The Hall–Kier alpha value is -1.37. The molecule has 0 aliphatic heterocycles. The van der Waals surface area contributed by atoms with Crippen LogP contribution in [-0.2, 0) is 6.54 Å². The van der Waals surface area contributed by atoms with Gasteiger partial charge in [-0.1, -0.05) is 34.5 Å². The second kappa shape index (κ2) is 5.51. The first-order valence-electron chi connectivity index (χ1n) is 4.83. The maximum absolute atomic E-state index is 11.8. The van der Waals surface area contributed by atoms with E-state index in [2.05, 4.69) is 15.3 Å². The van der Waals surface area contributed by atoms with Crippen LogP contribution in [0.15, 0.2) is 22.3 Å². The molecule has 2 heterocycles. The zero-order valence-corrected chi connectivity index (χ0v) is 11.2. The van der Waals surface area contributed by atoms with E-state index in [1.165, 1.54) is 12.1 Å². The monoisotopic (exact) mass is 303 g/mol. The lowest BCUT2D eigenvalue weighted by Crippen LogP contribution is -2.24. The van der Waals surface area contributed by atoms with E-state index in [4.69, 9.17) is 23.2 Å². The summed E-state index contributed by atoms with van der Waals surface area (Å²) in [5, 5.41) is 4.63. The number of hydrogen-bond donors (Lipinski definition) is 2. The minimum Gasteiger partial charge on any atom is -0.345 e. The molecule has 0 bridgehead atoms. The first-order valence-corrected chi connectivity index (χ1v) is 6.47. The second-order valence-corrected chi connectivity index (χ2v) is 4.96. The summed E-state index contributed by atoms with van der Waals surface area (Å²) < 4.78 is 0. The van der Waals surface area contributed by atoms with Gasteiger partial charge in [-0.2, -0.15) is 0 Å². The van der Waals surface area contributed by atoms with Gasteiger partial charge in [-0.15, -0.1) is 0 Å². The minimum atomic E-state index is -0.449. The van der Waals surface area contributed by atoms with Crippen LogP contribution in [0.2, 0.25) is 10.2 Å². The van der Waals surface area contributed by atoms with Crippen molar-refractivity contribution in [1.82, 2.24) is 15.3 Å². The van der Waals surface area contributed by atoms with Crippen molar-refractivity contribution in [1.29, 1.82) is 0 Å². The normalized spacial score (nSPS) is 10.3. The number of rotatable bonds is 3. The third-order valence-electron chi connectivity index (χ3n) is 2.04. The Labute approximate surface area is 116 Å². The van der Waals surface area contributed by atoms with Crippen molar-refractivity contribution >= 4 is 40.4 Å². The molecule has 8 heteroatoms. The van der Waals surface area contributed by atoms with E-state index < -0.39 is 5.91 Å². The van der Waals surface area contributed by atoms with Crippen LogP contribution in [0.3, 0.4) is 0 Å². The van der Waals surface area contributed by atoms with Crippen LogP contribution < -0.4 is 10.2 Å². The summed E-state index contributed by atoms with van der Waals surface area (Å²) in [7, 11) is 0. The standard InChI is InChI=1S/C10H7Cl2N3O2S/c11-6-1-2-7(12)15-8(6)9(16)13-3-5-4-18-10(17)14-5/h1-2,4H,3H2,(H,13,16)(H,14,17). The molecule has 0 aliphatic rings. The highest BCUT2D eigenvalue weighted by Crippen LogP contribution is 2.16. The van der Waals surface area contributed by atoms with Gasteiger partial charge < -0.3 is 10.3 Å². The fourth-order valence-electron chi connectivity index (χ4n) is 1.24. The van der Waals surface area contributed by atoms with Crippen molar-refractivity contribution in [2.24, 2.45) is 0 Å². The van der Waals surface area contributed by atoms with Crippen molar-refractivity contribution in [2.45, 2.75) is 6.54 Å². The third kappa shape index (κ3) is 3.10. The van der Waals surface area contributed by atoms with Gasteiger partial charge in [-0.05, 0) is 12.1 Å². The van der Waals surface area contributed by atoms with Gasteiger partial charge in [0.2, 0.25) is 0 Å². The number of halogens is 2. The topological polar surface area (TPSA) is 74.8 Å². The van der Waals surface area contributed by atoms with Crippen molar-refractivity contribution < 1.29 is 4.79 Å². The maximum atomic E-state index is 11.8. The molecule has 0 saturated carbocycles. The van der Waals surface area contributed by atoms with E-state index in [-0.39, 0.29) is 27.3 Å². The number of aromatic amines is 1. The van der Waals surface area contributed by atoms with Gasteiger partial charge >= 0.3 is 4.87 Å². The Morgan fingerprint density at radius 3 is 2.89 bits per heavy atom. The molecular formula is C10H7Cl2N3O2S. The summed E-state index contributed by atoms with van der Waals surface area (Å²) in [6, 6.07) is 3.00. The Bertz CT molecular complexity index is 638. The van der Waals surface area contributed by atoms with E-state index in [1.807, 2.05) is 0 Å². The van der Waals surface area contributed by atoms with E-state index in [1.54, 1.807) is 5.38 Å². The number of pyridine rings is 1. The Kier molecular flexibility index (Phi) is 4.00. The lowest BCUT2D eigenvalue weighted by atomic mass is 10.3. The molecular weight excluding hydrogens is 297 g/mol. The van der Waals surface area contributed by atoms with Crippen molar-refractivity contribution in [2.75, 3.05) is 0 Å². The summed E-state index contributed by atoms with van der Waals surface area (Å²) in [4.78, 5) is 28.9. The van der Waals surface area contributed by atoms with Crippen LogP contribution in [0.1, 0.15) is 16.2 Å². The van der Waals surface area contributed by atoms with Crippen LogP contribution in [0.4, 0.5) is 0 Å². The van der Waals surface area contributed by atoms with Crippen molar-refractivity contribution in [3.63, 3.8) is 0 Å². The van der Waals surface area contributed by atoms with Crippen LogP contribution in [0.25, 0.3) is 0 Å². The minimum absolute atomic E-state index is 0.0572. The molecule has 2 aromatic heterocycles. The number of nitrogens with one attached hydrogen (secondary N) is 2. The summed E-state index contributed by atoms with van der Waals surface area (Å²) in [5.41, 5.74) is 0.679. The smallest absolute Gasteiger partial charge is 0.304 e. The Morgan fingerprint density at radius 1 is 1.44 bits per heavy atom. The first kappa shape index (κ1) is 13.1. The number of amides is 1. The van der Waals surface area contributed by atoms with Crippen molar-refractivity contribution in [3.05, 3.63) is 48.7 Å². The van der Waals surface area contributed by atoms with Crippen LogP contribution in [-0.4, -0.2) is 15.9 Å². The average Bonchev–Trinajstić information content (AvgIpc) is 2.75. The molecule has 0 fully saturated rings. The molecule has 2 rings (SSSR count). The second-order valence-electron chi connectivity index (χ2n) is 3.32. The highest BCUT2D eigenvalue weighted by atomic mass is 35.5. The van der Waals surface area contributed by atoms with Gasteiger partial charge in [0.15, 0.2) is 0 Å². The van der Waals surface area contributed by atoms with Gasteiger partial charge in [0.05, 0.1) is 11.6 Å². The fraction of sp³-hybridized carbons (Fsp3) is 0.100. The molecule has 0 spiro atoms.